The van der Waals surface area contributed by atoms with E-state index in [9.17, 15) is 20.1 Å². The number of fused-ring (bicyclic) bond motifs is 1. The van der Waals surface area contributed by atoms with Crippen molar-refractivity contribution in [3.8, 4) is 0 Å². The van der Waals surface area contributed by atoms with Gasteiger partial charge in [0.1, 0.15) is 0 Å². The Morgan fingerprint density at radius 1 is 1.23 bits per heavy atom. The van der Waals surface area contributed by atoms with Gasteiger partial charge in [0.2, 0.25) is 0 Å². The van der Waals surface area contributed by atoms with Gasteiger partial charge >= 0.3 is 0 Å². The molecule has 1 fully saturated rings. The van der Waals surface area contributed by atoms with Crippen molar-refractivity contribution in [3.63, 3.8) is 0 Å². The summed E-state index contributed by atoms with van der Waals surface area (Å²) in [6.45, 7) is 9.58. The first-order valence-corrected chi connectivity index (χ1v) is 10.6. The van der Waals surface area contributed by atoms with Gasteiger partial charge in [0, 0.05) is 17.9 Å². The van der Waals surface area contributed by atoms with Crippen molar-refractivity contribution in [2.45, 2.75) is 57.5 Å². The molecule has 7 unspecified atom stereocenters. The molecule has 0 aromatic heterocycles. The average molecular weight is 412 g/mol. The number of aliphatic hydroxyl groups excluding tert-OH is 2. The van der Waals surface area contributed by atoms with Crippen LogP contribution in [0.1, 0.15) is 32.8 Å². The van der Waals surface area contributed by atoms with E-state index >= 15 is 0 Å². The lowest BCUT2D eigenvalue weighted by Crippen LogP contribution is -2.51. The monoisotopic (exact) mass is 411 g/mol. The van der Waals surface area contributed by atoms with Crippen LogP contribution in [0, 0.1) is 17.8 Å². The van der Waals surface area contributed by atoms with E-state index in [1.807, 2.05) is 62.4 Å². The fourth-order valence-electron chi connectivity index (χ4n) is 4.73. The third-order valence-electron chi connectivity index (χ3n) is 6.60. The number of nitrogens with one attached hydrogen (secondary N) is 1. The summed E-state index contributed by atoms with van der Waals surface area (Å²) in [6, 6.07) is 9.69. The molecule has 1 amide bonds. The van der Waals surface area contributed by atoms with Gasteiger partial charge in [-0.2, -0.15) is 0 Å². The summed E-state index contributed by atoms with van der Waals surface area (Å²) in [4.78, 5) is 12.9. The van der Waals surface area contributed by atoms with E-state index in [0.29, 0.717) is 12.8 Å². The highest BCUT2D eigenvalue weighted by atomic mass is 16.3. The molecule has 0 radical (unpaired) electrons. The molecule has 3 rings (SSSR count). The zero-order chi connectivity index (χ0) is 22.1. The Hall–Kier alpha value is -2.21. The summed E-state index contributed by atoms with van der Waals surface area (Å²) in [6.07, 6.45) is 5.16. The highest BCUT2D eigenvalue weighted by molar-refractivity contribution is 5.91. The van der Waals surface area contributed by atoms with Gasteiger partial charge < -0.3 is 20.6 Å². The fourth-order valence-corrected chi connectivity index (χ4v) is 4.73. The van der Waals surface area contributed by atoms with Crippen molar-refractivity contribution in [1.82, 2.24) is 5.32 Å². The second kappa shape index (κ2) is 8.88. The van der Waals surface area contributed by atoms with Gasteiger partial charge in [0.05, 0.1) is 12.2 Å². The fraction of sp³-hybridized carbons (Fsp3) is 0.480. The summed E-state index contributed by atoms with van der Waals surface area (Å²) in [5, 5.41) is 34.2. The second-order valence-electron chi connectivity index (χ2n) is 8.85. The summed E-state index contributed by atoms with van der Waals surface area (Å²) < 4.78 is 0. The summed E-state index contributed by atoms with van der Waals surface area (Å²) in [5.74, 6) is -1.40. The van der Waals surface area contributed by atoms with Gasteiger partial charge in [-0.25, -0.2) is 0 Å². The van der Waals surface area contributed by atoms with Crippen LogP contribution in [0.3, 0.4) is 0 Å². The number of carbonyl (C=O) groups is 1. The molecule has 1 saturated heterocycles. The molecule has 5 nitrogen and oxygen atoms in total. The zero-order valence-corrected chi connectivity index (χ0v) is 18.0. The van der Waals surface area contributed by atoms with Crippen LogP contribution in [0.5, 0.6) is 0 Å². The molecule has 0 saturated carbocycles. The molecule has 1 heterocycles. The average Bonchev–Trinajstić information content (AvgIpc) is 2.96. The van der Waals surface area contributed by atoms with Gasteiger partial charge in [0.25, 0.3) is 5.91 Å². The second-order valence-corrected chi connectivity index (χ2v) is 8.85. The van der Waals surface area contributed by atoms with E-state index in [1.54, 1.807) is 6.92 Å². The normalized spacial score (nSPS) is 31.8. The van der Waals surface area contributed by atoms with Crippen molar-refractivity contribution in [1.29, 1.82) is 0 Å². The molecule has 7 atom stereocenters. The highest BCUT2D eigenvalue weighted by Gasteiger charge is 2.59. The molecule has 2 aliphatic rings. The van der Waals surface area contributed by atoms with Crippen molar-refractivity contribution >= 4 is 5.91 Å². The number of amides is 1. The van der Waals surface area contributed by atoms with E-state index in [0.717, 1.165) is 16.7 Å². The lowest BCUT2D eigenvalue weighted by molar-refractivity contribution is -0.140. The number of hydrogen-bond acceptors (Lipinski definition) is 4. The molecule has 1 aromatic carbocycles. The maximum absolute atomic E-state index is 12.9. The largest absolute Gasteiger partial charge is 0.391 e. The first-order chi connectivity index (χ1) is 14.2. The van der Waals surface area contributed by atoms with E-state index in [-0.39, 0.29) is 17.9 Å². The number of aliphatic hydroxyl groups is 3. The maximum Gasteiger partial charge on any atom is 0.253 e. The topological polar surface area (TPSA) is 89.8 Å². The molecule has 1 aliphatic carbocycles. The Labute approximate surface area is 178 Å². The summed E-state index contributed by atoms with van der Waals surface area (Å²) in [5.41, 5.74) is 1.28. The first kappa shape index (κ1) is 22.5. The third kappa shape index (κ3) is 4.15. The first-order valence-electron chi connectivity index (χ1n) is 10.6. The molecular formula is C25H33NO4. The number of hydrogen-bond donors (Lipinski definition) is 4. The number of carbonyl (C=O) groups excluding carboxylic acids is 1. The minimum absolute atomic E-state index is 0.140. The van der Waals surface area contributed by atoms with E-state index in [2.05, 4.69) is 11.9 Å². The molecule has 1 aliphatic heterocycles. The number of benzene rings is 1. The predicted molar refractivity (Wildman–Crippen MR) is 118 cm³/mol. The number of allylic oxidation sites excluding steroid dienone is 2. The third-order valence-corrected chi connectivity index (χ3v) is 6.60. The van der Waals surface area contributed by atoms with Crippen LogP contribution in [0.25, 0.3) is 0 Å². The Morgan fingerprint density at radius 3 is 2.53 bits per heavy atom. The smallest absolute Gasteiger partial charge is 0.253 e. The van der Waals surface area contributed by atoms with Crippen molar-refractivity contribution in [2.24, 2.45) is 17.8 Å². The van der Waals surface area contributed by atoms with Crippen LogP contribution in [-0.2, 0) is 11.2 Å². The van der Waals surface area contributed by atoms with Gasteiger partial charge in [-0.05, 0) is 43.7 Å². The standard InChI is InChI=1S/C25H33NO4/c1-15(23(28)18(4)27)9-8-12-20-13-16(2)17(3)22-21(26-24(29)25(20,22)30)14-19-10-6-5-7-11-19/h5-8,10-13,15,18,20-23,27-28,30H,3,9,14H2,1-2,4H3,(H,26,29). The van der Waals surface area contributed by atoms with E-state index in [4.69, 9.17) is 0 Å². The van der Waals surface area contributed by atoms with Crippen LogP contribution < -0.4 is 5.32 Å². The van der Waals surface area contributed by atoms with Crippen molar-refractivity contribution in [2.75, 3.05) is 0 Å². The molecule has 1 aromatic rings. The highest BCUT2D eigenvalue weighted by Crippen LogP contribution is 2.47. The minimum atomic E-state index is -1.58. The molecule has 0 bridgehead atoms. The quantitative estimate of drug-likeness (QED) is 0.519. The van der Waals surface area contributed by atoms with E-state index < -0.39 is 29.6 Å². The Morgan fingerprint density at radius 2 is 1.90 bits per heavy atom. The Balaban J connectivity index is 1.83. The van der Waals surface area contributed by atoms with Gasteiger partial charge in [0.15, 0.2) is 5.60 Å². The Bertz CT molecular complexity index is 844. The summed E-state index contributed by atoms with van der Waals surface area (Å²) >= 11 is 0. The van der Waals surface area contributed by atoms with Crippen LogP contribution in [0.2, 0.25) is 0 Å². The number of rotatable bonds is 7. The van der Waals surface area contributed by atoms with Crippen LogP contribution in [0.15, 0.2) is 66.3 Å². The molecular weight excluding hydrogens is 378 g/mol. The van der Waals surface area contributed by atoms with Crippen LogP contribution in [0.4, 0.5) is 0 Å². The van der Waals surface area contributed by atoms with Crippen molar-refractivity contribution in [3.05, 3.63) is 71.8 Å². The van der Waals surface area contributed by atoms with Crippen molar-refractivity contribution < 1.29 is 20.1 Å². The van der Waals surface area contributed by atoms with Crippen LogP contribution in [-0.4, -0.2) is 45.1 Å². The van der Waals surface area contributed by atoms with Gasteiger partial charge in [-0.3, -0.25) is 4.79 Å². The predicted octanol–water partition coefficient (Wildman–Crippen LogP) is 2.53. The SMILES string of the molecule is C=C1C(C)=CC(C=CCC(C)C(O)C(C)O)C2(O)C(=O)NC(Cc3ccccc3)C12. The molecule has 0 spiro atoms. The zero-order valence-electron chi connectivity index (χ0n) is 18.0. The lowest BCUT2D eigenvalue weighted by Gasteiger charge is -2.39. The molecule has 30 heavy (non-hydrogen) atoms. The minimum Gasteiger partial charge on any atom is -0.391 e. The van der Waals surface area contributed by atoms with Crippen LogP contribution >= 0.6 is 0 Å². The molecule has 5 heteroatoms. The van der Waals surface area contributed by atoms with Gasteiger partial charge in [-0.15, -0.1) is 0 Å². The Kier molecular flexibility index (Phi) is 6.65. The summed E-state index contributed by atoms with van der Waals surface area (Å²) in [7, 11) is 0. The van der Waals surface area contributed by atoms with E-state index in [1.165, 1.54) is 0 Å². The lowest BCUT2D eigenvalue weighted by atomic mass is 9.66. The molecule has 4 N–H and O–H groups in total. The van der Waals surface area contributed by atoms with Gasteiger partial charge in [-0.1, -0.05) is 67.6 Å². The maximum atomic E-state index is 12.9. The molecule has 162 valence electrons.